The Hall–Kier alpha value is -1.32. The van der Waals surface area contributed by atoms with Gasteiger partial charge in [0.1, 0.15) is 0 Å². The smallest absolute Gasteiger partial charge is 0.305 e. The van der Waals surface area contributed by atoms with Gasteiger partial charge in [0.15, 0.2) is 0 Å². The summed E-state index contributed by atoms with van der Waals surface area (Å²) in [5.74, 6) is -0.343. The summed E-state index contributed by atoms with van der Waals surface area (Å²) < 4.78 is 4.69. The van der Waals surface area contributed by atoms with Gasteiger partial charge in [-0.3, -0.25) is 4.79 Å². The fourth-order valence-corrected chi connectivity index (χ4v) is 0.573. The van der Waals surface area contributed by atoms with Gasteiger partial charge in [0.25, 0.3) is 6.35 Å². The predicted molar refractivity (Wildman–Crippen MR) is 36.3 cm³/mol. The van der Waals surface area contributed by atoms with Crippen LogP contribution in [-0.4, -0.2) is 18.5 Å². The van der Waals surface area contributed by atoms with Crippen LogP contribution in [0.2, 0.25) is 0 Å². The standard InChI is InChI=1S/C6H8N2O2/c1-5(9)10-6-7-3-2-4-8-6/h2-4,6-7H,1H3. The van der Waals surface area contributed by atoms with Crippen molar-refractivity contribution in [3.63, 3.8) is 0 Å². The van der Waals surface area contributed by atoms with Crippen molar-refractivity contribution in [3.05, 3.63) is 12.3 Å². The molecule has 0 saturated carbocycles. The molecule has 0 saturated heterocycles. The lowest BCUT2D eigenvalue weighted by Gasteiger charge is -2.13. The molecule has 54 valence electrons. The van der Waals surface area contributed by atoms with Gasteiger partial charge in [0, 0.05) is 19.3 Å². The average molecular weight is 140 g/mol. The number of rotatable bonds is 1. The number of aliphatic imine (C=N–C) groups is 1. The van der Waals surface area contributed by atoms with Gasteiger partial charge in [-0.05, 0) is 6.08 Å². The Bertz CT molecular complexity index is 186. The Balaban J connectivity index is 2.37. The molecule has 0 radical (unpaired) electrons. The number of hydrogen-bond acceptors (Lipinski definition) is 4. The Morgan fingerprint density at radius 3 is 3.10 bits per heavy atom. The second-order valence-corrected chi connectivity index (χ2v) is 1.79. The number of carbonyl (C=O) groups is 1. The van der Waals surface area contributed by atoms with Crippen molar-refractivity contribution in [2.45, 2.75) is 13.3 Å². The van der Waals surface area contributed by atoms with Crippen LogP contribution in [0.3, 0.4) is 0 Å². The molecule has 1 aliphatic heterocycles. The number of allylic oxidation sites excluding steroid dienone is 1. The first kappa shape index (κ1) is 6.80. The third-order valence-electron chi connectivity index (χ3n) is 0.920. The van der Waals surface area contributed by atoms with E-state index in [0.29, 0.717) is 0 Å². The number of carbonyl (C=O) groups excluding carboxylic acids is 1. The first-order chi connectivity index (χ1) is 4.79. The van der Waals surface area contributed by atoms with E-state index in [2.05, 4.69) is 10.3 Å². The van der Waals surface area contributed by atoms with Gasteiger partial charge in [-0.15, -0.1) is 0 Å². The molecule has 0 bridgehead atoms. The number of esters is 1. The largest absolute Gasteiger partial charge is 0.421 e. The molecule has 1 N–H and O–H groups in total. The van der Waals surface area contributed by atoms with E-state index in [0.717, 1.165) is 0 Å². The van der Waals surface area contributed by atoms with E-state index < -0.39 is 6.35 Å². The van der Waals surface area contributed by atoms with Crippen LogP contribution < -0.4 is 5.32 Å². The number of hydrogen-bond donors (Lipinski definition) is 1. The summed E-state index contributed by atoms with van der Waals surface area (Å²) >= 11 is 0. The quantitative estimate of drug-likeness (QED) is 0.522. The Kier molecular flexibility index (Phi) is 2.04. The number of ether oxygens (including phenoxy) is 1. The van der Waals surface area contributed by atoms with Crippen LogP contribution in [0.5, 0.6) is 0 Å². The summed E-state index contributed by atoms with van der Waals surface area (Å²) in [5.41, 5.74) is 0. The molecule has 10 heavy (non-hydrogen) atoms. The first-order valence-electron chi connectivity index (χ1n) is 2.90. The molecule has 4 nitrogen and oxygen atoms in total. The minimum Gasteiger partial charge on any atom is -0.421 e. The molecule has 0 spiro atoms. The highest BCUT2D eigenvalue weighted by Crippen LogP contribution is 1.92. The van der Waals surface area contributed by atoms with Crippen molar-refractivity contribution in [1.82, 2.24) is 5.32 Å². The summed E-state index contributed by atoms with van der Waals surface area (Å²) in [5, 5.41) is 2.73. The van der Waals surface area contributed by atoms with Crippen molar-refractivity contribution < 1.29 is 9.53 Å². The van der Waals surface area contributed by atoms with E-state index in [9.17, 15) is 4.79 Å². The monoisotopic (exact) mass is 140 g/mol. The Morgan fingerprint density at radius 1 is 1.80 bits per heavy atom. The van der Waals surface area contributed by atoms with Crippen molar-refractivity contribution in [3.8, 4) is 0 Å². The molecule has 0 aliphatic carbocycles. The molecule has 0 aromatic rings. The number of nitrogens with zero attached hydrogens (tertiary/aromatic N) is 1. The summed E-state index contributed by atoms with van der Waals surface area (Å²) in [6.07, 6.45) is 4.42. The molecular weight excluding hydrogens is 132 g/mol. The van der Waals surface area contributed by atoms with Crippen LogP contribution in [0.25, 0.3) is 0 Å². The van der Waals surface area contributed by atoms with Crippen molar-refractivity contribution >= 4 is 12.2 Å². The van der Waals surface area contributed by atoms with Crippen LogP contribution in [-0.2, 0) is 9.53 Å². The number of nitrogens with one attached hydrogen (secondary N) is 1. The van der Waals surface area contributed by atoms with Crippen LogP contribution in [0.15, 0.2) is 17.3 Å². The fourth-order valence-electron chi connectivity index (χ4n) is 0.573. The Morgan fingerprint density at radius 2 is 2.60 bits per heavy atom. The first-order valence-corrected chi connectivity index (χ1v) is 2.90. The van der Waals surface area contributed by atoms with Crippen molar-refractivity contribution in [2.24, 2.45) is 4.99 Å². The Labute approximate surface area is 58.6 Å². The van der Waals surface area contributed by atoms with Crippen LogP contribution in [0.1, 0.15) is 6.92 Å². The van der Waals surface area contributed by atoms with E-state index in [1.54, 1.807) is 18.5 Å². The zero-order valence-electron chi connectivity index (χ0n) is 5.57. The molecule has 1 aliphatic rings. The van der Waals surface area contributed by atoms with Gasteiger partial charge >= 0.3 is 5.97 Å². The zero-order valence-corrected chi connectivity index (χ0v) is 5.57. The van der Waals surface area contributed by atoms with Crippen molar-refractivity contribution in [1.29, 1.82) is 0 Å². The maximum absolute atomic E-state index is 10.4. The van der Waals surface area contributed by atoms with E-state index in [1.165, 1.54) is 6.92 Å². The minimum absolute atomic E-state index is 0.343. The third-order valence-corrected chi connectivity index (χ3v) is 0.920. The lowest BCUT2D eigenvalue weighted by molar-refractivity contribution is -0.146. The van der Waals surface area contributed by atoms with Crippen LogP contribution in [0, 0.1) is 0 Å². The van der Waals surface area contributed by atoms with Crippen LogP contribution in [0.4, 0.5) is 0 Å². The normalized spacial score (nSPS) is 21.9. The van der Waals surface area contributed by atoms with E-state index in [1.807, 2.05) is 0 Å². The molecule has 1 rings (SSSR count). The van der Waals surface area contributed by atoms with E-state index in [-0.39, 0.29) is 5.97 Å². The molecule has 0 aromatic heterocycles. The molecule has 4 heteroatoms. The summed E-state index contributed by atoms with van der Waals surface area (Å²) in [4.78, 5) is 14.2. The SMILES string of the molecule is CC(=O)OC1N=CC=CN1. The molecular formula is C6H8N2O2. The lowest BCUT2D eigenvalue weighted by Crippen LogP contribution is -2.29. The molecule has 1 atom stereocenters. The maximum atomic E-state index is 10.4. The van der Waals surface area contributed by atoms with Gasteiger partial charge in [0.2, 0.25) is 0 Å². The summed E-state index contributed by atoms with van der Waals surface area (Å²) in [6, 6.07) is 0. The minimum atomic E-state index is -0.539. The average Bonchev–Trinajstić information content (AvgIpc) is 1.88. The topological polar surface area (TPSA) is 50.7 Å². The highest BCUT2D eigenvalue weighted by atomic mass is 16.6. The highest BCUT2D eigenvalue weighted by molar-refractivity contribution is 5.72. The molecule has 0 fully saturated rings. The fraction of sp³-hybridized carbons (Fsp3) is 0.333. The molecule has 0 amide bonds. The summed E-state index contributed by atoms with van der Waals surface area (Å²) in [7, 11) is 0. The lowest BCUT2D eigenvalue weighted by atomic mass is 10.6. The third kappa shape index (κ3) is 1.89. The molecule has 0 aromatic carbocycles. The van der Waals surface area contributed by atoms with E-state index >= 15 is 0 Å². The highest BCUT2D eigenvalue weighted by Gasteiger charge is 2.06. The molecule has 1 unspecified atom stereocenters. The second kappa shape index (κ2) is 3.00. The predicted octanol–water partition coefficient (Wildman–Crippen LogP) is 0.0208. The van der Waals surface area contributed by atoms with Gasteiger partial charge in [-0.1, -0.05) is 0 Å². The van der Waals surface area contributed by atoms with Crippen LogP contribution >= 0.6 is 0 Å². The zero-order chi connectivity index (χ0) is 7.40. The van der Waals surface area contributed by atoms with E-state index in [4.69, 9.17) is 4.74 Å². The van der Waals surface area contributed by atoms with Gasteiger partial charge < -0.3 is 10.1 Å². The van der Waals surface area contributed by atoms with Crippen molar-refractivity contribution in [2.75, 3.05) is 0 Å². The van der Waals surface area contributed by atoms with Gasteiger partial charge in [-0.2, -0.15) is 0 Å². The van der Waals surface area contributed by atoms with Gasteiger partial charge in [0.05, 0.1) is 0 Å². The van der Waals surface area contributed by atoms with Gasteiger partial charge in [-0.25, -0.2) is 4.99 Å². The molecule has 1 heterocycles. The summed E-state index contributed by atoms with van der Waals surface area (Å²) in [6.45, 7) is 1.34. The second-order valence-electron chi connectivity index (χ2n) is 1.79. The maximum Gasteiger partial charge on any atom is 0.305 e.